The van der Waals surface area contributed by atoms with Crippen LogP contribution in [0.3, 0.4) is 0 Å². The molecule has 0 spiro atoms. The molecule has 0 bridgehead atoms. The van der Waals surface area contributed by atoms with E-state index in [-0.39, 0.29) is 36.5 Å². The highest BCUT2D eigenvalue weighted by Gasteiger charge is 2.38. The molecule has 1 aliphatic heterocycles. The third-order valence-corrected chi connectivity index (χ3v) is 3.91. The second-order valence-electron chi connectivity index (χ2n) is 5.81. The molecule has 0 aromatic rings. The number of amides is 2. The summed E-state index contributed by atoms with van der Waals surface area (Å²) in [7, 11) is 1.66. The molecule has 2 amide bonds. The van der Waals surface area contributed by atoms with Crippen molar-refractivity contribution in [2.24, 2.45) is 11.8 Å². The summed E-state index contributed by atoms with van der Waals surface area (Å²) in [5.74, 6) is -1.64. The molecule has 0 aromatic heterocycles. The molecule has 1 aliphatic rings. The Balaban J connectivity index is 2.72. The van der Waals surface area contributed by atoms with Gasteiger partial charge >= 0.3 is 5.97 Å². The van der Waals surface area contributed by atoms with Crippen LogP contribution >= 0.6 is 0 Å². The molecule has 1 heterocycles. The quantitative estimate of drug-likeness (QED) is 0.760. The van der Waals surface area contributed by atoms with Gasteiger partial charge in [-0.25, -0.2) is 0 Å². The summed E-state index contributed by atoms with van der Waals surface area (Å²) in [6.45, 7) is 5.86. The lowest BCUT2D eigenvalue weighted by Gasteiger charge is -2.34. The number of nitrogens with zero attached hydrogens (tertiary/aromatic N) is 1. The highest BCUT2D eigenvalue weighted by Crippen LogP contribution is 2.23. The van der Waals surface area contributed by atoms with Gasteiger partial charge in [0, 0.05) is 25.6 Å². The Morgan fingerprint density at radius 1 is 1.53 bits per heavy atom. The van der Waals surface area contributed by atoms with Gasteiger partial charge < -0.3 is 15.3 Å². The fourth-order valence-electron chi connectivity index (χ4n) is 2.13. The van der Waals surface area contributed by atoms with Crippen molar-refractivity contribution in [3.63, 3.8) is 0 Å². The van der Waals surface area contributed by atoms with Crippen LogP contribution in [0.15, 0.2) is 0 Å². The van der Waals surface area contributed by atoms with Gasteiger partial charge in [0.15, 0.2) is 0 Å². The van der Waals surface area contributed by atoms with Crippen molar-refractivity contribution in [2.45, 2.75) is 39.2 Å². The number of aliphatic carboxylic acids is 1. The van der Waals surface area contributed by atoms with E-state index in [1.54, 1.807) is 14.0 Å². The van der Waals surface area contributed by atoms with Crippen molar-refractivity contribution in [2.75, 3.05) is 13.6 Å². The zero-order valence-electron chi connectivity index (χ0n) is 11.9. The summed E-state index contributed by atoms with van der Waals surface area (Å²) >= 11 is 0. The van der Waals surface area contributed by atoms with Gasteiger partial charge in [0.1, 0.15) is 0 Å². The Bertz CT molecular complexity index is 394. The highest BCUT2D eigenvalue weighted by atomic mass is 16.4. The van der Waals surface area contributed by atoms with E-state index in [1.807, 2.05) is 13.8 Å². The third kappa shape index (κ3) is 3.68. The van der Waals surface area contributed by atoms with E-state index in [4.69, 9.17) is 5.11 Å². The fourth-order valence-corrected chi connectivity index (χ4v) is 2.13. The third-order valence-electron chi connectivity index (χ3n) is 3.91. The summed E-state index contributed by atoms with van der Waals surface area (Å²) in [6.07, 6.45) is 0.0660. The molecule has 0 saturated carbocycles. The fraction of sp³-hybridized carbons (Fsp3) is 0.769. The Labute approximate surface area is 113 Å². The van der Waals surface area contributed by atoms with Crippen LogP contribution in [0.25, 0.3) is 0 Å². The van der Waals surface area contributed by atoms with Crippen LogP contribution in [0.5, 0.6) is 0 Å². The van der Waals surface area contributed by atoms with Crippen molar-refractivity contribution in [1.82, 2.24) is 10.2 Å². The summed E-state index contributed by atoms with van der Waals surface area (Å²) < 4.78 is 0. The SMILES string of the molecule is CC(C)C(C)(CC(=O)O)NC(=O)C1CC(=O)N(C)C1. The van der Waals surface area contributed by atoms with Crippen LogP contribution < -0.4 is 5.32 Å². The van der Waals surface area contributed by atoms with Crippen molar-refractivity contribution in [3.8, 4) is 0 Å². The first-order valence-corrected chi connectivity index (χ1v) is 6.43. The van der Waals surface area contributed by atoms with Crippen molar-refractivity contribution in [1.29, 1.82) is 0 Å². The first-order chi connectivity index (χ1) is 8.65. The number of hydrogen-bond acceptors (Lipinski definition) is 3. The molecular weight excluding hydrogens is 248 g/mol. The van der Waals surface area contributed by atoms with Crippen LogP contribution in [0.1, 0.15) is 33.6 Å². The standard InChI is InChI=1S/C13H22N2O4/c1-8(2)13(3,6-11(17)18)14-12(19)9-5-10(16)15(4)7-9/h8-9H,5-7H2,1-4H3,(H,14,19)(H,17,18). The van der Waals surface area contributed by atoms with E-state index >= 15 is 0 Å². The minimum absolute atomic E-state index is 0.0117. The van der Waals surface area contributed by atoms with Gasteiger partial charge in [-0.15, -0.1) is 0 Å². The van der Waals surface area contributed by atoms with Gasteiger partial charge in [0.05, 0.1) is 12.3 Å². The molecule has 1 saturated heterocycles. The minimum atomic E-state index is -0.948. The maximum atomic E-state index is 12.2. The molecule has 2 atom stereocenters. The topological polar surface area (TPSA) is 86.7 Å². The molecule has 0 aliphatic carbocycles. The predicted octanol–water partition coefficient (Wildman–Crippen LogP) is 0.470. The van der Waals surface area contributed by atoms with Gasteiger partial charge in [-0.3, -0.25) is 14.4 Å². The zero-order valence-corrected chi connectivity index (χ0v) is 11.9. The smallest absolute Gasteiger partial charge is 0.305 e. The maximum Gasteiger partial charge on any atom is 0.305 e. The molecule has 1 rings (SSSR count). The van der Waals surface area contributed by atoms with Crippen molar-refractivity contribution < 1.29 is 19.5 Å². The van der Waals surface area contributed by atoms with E-state index in [9.17, 15) is 14.4 Å². The maximum absolute atomic E-state index is 12.2. The molecule has 19 heavy (non-hydrogen) atoms. The predicted molar refractivity (Wildman–Crippen MR) is 69.4 cm³/mol. The van der Waals surface area contributed by atoms with Gasteiger partial charge in [0.25, 0.3) is 0 Å². The van der Waals surface area contributed by atoms with Gasteiger partial charge in [-0.1, -0.05) is 13.8 Å². The van der Waals surface area contributed by atoms with E-state index in [1.165, 1.54) is 4.90 Å². The Kier molecular flexibility index (Phi) is 4.55. The number of likely N-dealkylation sites (tertiary alicyclic amines) is 1. The molecular formula is C13H22N2O4. The number of carboxylic acids is 1. The monoisotopic (exact) mass is 270 g/mol. The first-order valence-electron chi connectivity index (χ1n) is 6.43. The number of hydrogen-bond donors (Lipinski definition) is 2. The number of carbonyl (C=O) groups excluding carboxylic acids is 2. The molecule has 6 nitrogen and oxygen atoms in total. The van der Waals surface area contributed by atoms with E-state index in [0.29, 0.717) is 6.54 Å². The Hall–Kier alpha value is -1.59. The normalized spacial score (nSPS) is 22.5. The Morgan fingerprint density at radius 2 is 2.11 bits per heavy atom. The van der Waals surface area contributed by atoms with E-state index in [0.717, 1.165) is 0 Å². The lowest BCUT2D eigenvalue weighted by molar-refractivity contribution is -0.140. The average molecular weight is 270 g/mol. The number of carboxylic acid groups (broad SMARTS) is 1. The highest BCUT2D eigenvalue weighted by molar-refractivity contribution is 5.89. The van der Waals surface area contributed by atoms with E-state index in [2.05, 4.69) is 5.32 Å². The van der Waals surface area contributed by atoms with Crippen molar-refractivity contribution in [3.05, 3.63) is 0 Å². The van der Waals surface area contributed by atoms with Gasteiger partial charge in [-0.2, -0.15) is 0 Å². The molecule has 2 N–H and O–H groups in total. The molecule has 1 fully saturated rings. The number of nitrogens with one attached hydrogen (secondary N) is 1. The summed E-state index contributed by atoms with van der Waals surface area (Å²) in [4.78, 5) is 36.0. The van der Waals surface area contributed by atoms with Crippen LogP contribution in [-0.2, 0) is 14.4 Å². The number of carbonyl (C=O) groups is 3. The van der Waals surface area contributed by atoms with Crippen LogP contribution in [0, 0.1) is 11.8 Å². The minimum Gasteiger partial charge on any atom is -0.481 e. The Morgan fingerprint density at radius 3 is 2.47 bits per heavy atom. The summed E-state index contributed by atoms with van der Waals surface area (Å²) in [5.41, 5.74) is -0.798. The molecule has 0 radical (unpaired) electrons. The first kappa shape index (κ1) is 15.5. The average Bonchev–Trinajstić information content (AvgIpc) is 2.57. The largest absolute Gasteiger partial charge is 0.481 e. The second-order valence-corrected chi connectivity index (χ2v) is 5.81. The van der Waals surface area contributed by atoms with E-state index < -0.39 is 11.5 Å². The van der Waals surface area contributed by atoms with Crippen molar-refractivity contribution >= 4 is 17.8 Å². The zero-order chi connectivity index (χ0) is 14.8. The lowest BCUT2D eigenvalue weighted by Crippen LogP contribution is -2.53. The molecule has 0 aromatic carbocycles. The van der Waals surface area contributed by atoms with Crippen LogP contribution in [0.2, 0.25) is 0 Å². The summed E-state index contributed by atoms with van der Waals surface area (Å²) in [5, 5.41) is 11.8. The summed E-state index contributed by atoms with van der Waals surface area (Å²) in [6, 6.07) is 0. The van der Waals surface area contributed by atoms with Gasteiger partial charge in [0.2, 0.25) is 11.8 Å². The molecule has 6 heteroatoms. The van der Waals surface area contributed by atoms with Crippen LogP contribution in [0.4, 0.5) is 0 Å². The second kappa shape index (κ2) is 5.59. The molecule has 108 valence electrons. The van der Waals surface area contributed by atoms with Gasteiger partial charge in [-0.05, 0) is 12.8 Å². The molecule has 2 unspecified atom stereocenters. The lowest BCUT2D eigenvalue weighted by atomic mass is 9.84. The van der Waals surface area contributed by atoms with Crippen LogP contribution in [-0.4, -0.2) is 46.9 Å². The number of rotatable bonds is 5.